The van der Waals surface area contributed by atoms with E-state index in [-0.39, 0.29) is 5.56 Å². The first-order valence-electron chi connectivity index (χ1n) is 7.31. The fraction of sp³-hybridized carbons (Fsp3) is 0.467. The van der Waals surface area contributed by atoms with Gasteiger partial charge >= 0.3 is 5.97 Å². The summed E-state index contributed by atoms with van der Waals surface area (Å²) in [5.74, 6) is -1.41. The molecule has 0 spiro atoms. The van der Waals surface area contributed by atoms with Crippen molar-refractivity contribution in [2.24, 2.45) is 0 Å². The molecule has 1 aromatic carbocycles. The minimum absolute atomic E-state index is 0.273. The van der Waals surface area contributed by atoms with E-state index in [9.17, 15) is 23.1 Å². The lowest BCUT2D eigenvalue weighted by molar-refractivity contribution is -0.143. The lowest BCUT2D eigenvalue weighted by Gasteiger charge is -2.33. The number of carboxylic acids is 1. The summed E-state index contributed by atoms with van der Waals surface area (Å²) >= 11 is 0. The maximum absolute atomic E-state index is 12.6. The highest BCUT2D eigenvalue weighted by molar-refractivity contribution is 7.92. The SMILES string of the molecule is Cc1ccc(C(=O)N2CCCC[C@@H]2C(=O)O)cc1NS(C)(=O)=O. The molecule has 23 heavy (non-hydrogen) atoms. The van der Waals surface area contributed by atoms with Gasteiger partial charge in [0.15, 0.2) is 0 Å². The van der Waals surface area contributed by atoms with Crippen molar-refractivity contribution < 1.29 is 23.1 Å². The second kappa shape index (κ2) is 6.57. The molecule has 1 heterocycles. The van der Waals surface area contributed by atoms with Crippen molar-refractivity contribution in [3.63, 3.8) is 0 Å². The first-order valence-corrected chi connectivity index (χ1v) is 9.20. The zero-order valence-electron chi connectivity index (χ0n) is 13.1. The van der Waals surface area contributed by atoms with Crippen molar-refractivity contribution in [3.8, 4) is 0 Å². The standard InChI is InChI=1S/C15H20N2O5S/c1-10-6-7-11(9-12(10)16-23(2,21)22)14(18)17-8-4-3-5-13(17)15(19)20/h6-7,9,13,16H,3-5,8H2,1-2H3,(H,19,20)/t13-/m1/s1. The number of sulfonamides is 1. The zero-order valence-corrected chi connectivity index (χ0v) is 13.9. The number of nitrogens with zero attached hydrogens (tertiary/aromatic N) is 1. The molecule has 1 aliphatic rings. The molecule has 2 rings (SSSR count). The molecular formula is C15H20N2O5S. The smallest absolute Gasteiger partial charge is 0.326 e. The fourth-order valence-electron chi connectivity index (χ4n) is 2.66. The van der Waals surface area contributed by atoms with Crippen molar-refractivity contribution >= 4 is 27.6 Å². The van der Waals surface area contributed by atoms with Crippen LogP contribution >= 0.6 is 0 Å². The molecule has 1 aromatic rings. The summed E-state index contributed by atoms with van der Waals surface area (Å²) in [7, 11) is -3.46. The number of carboxylic acid groups (broad SMARTS) is 1. The normalized spacial score (nSPS) is 18.5. The molecule has 2 N–H and O–H groups in total. The number of piperidine rings is 1. The Morgan fingerprint density at radius 3 is 2.61 bits per heavy atom. The summed E-state index contributed by atoms with van der Waals surface area (Å²) in [6, 6.07) is 3.84. The molecular weight excluding hydrogens is 320 g/mol. The molecule has 0 bridgehead atoms. The molecule has 7 nitrogen and oxygen atoms in total. The van der Waals surface area contributed by atoms with Gasteiger partial charge in [-0.15, -0.1) is 0 Å². The van der Waals surface area contributed by atoms with Gasteiger partial charge in [-0.2, -0.15) is 0 Å². The van der Waals surface area contributed by atoms with Gasteiger partial charge in [-0.3, -0.25) is 9.52 Å². The van der Waals surface area contributed by atoms with Crippen LogP contribution in [0, 0.1) is 6.92 Å². The highest BCUT2D eigenvalue weighted by Gasteiger charge is 2.32. The number of carbonyl (C=O) groups excluding carboxylic acids is 1. The van der Waals surface area contributed by atoms with Crippen molar-refractivity contribution in [3.05, 3.63) is 29.3 Å². The Morgan fingerprint density at radius 2 is 2.00 bits per heavy atom. The van der Waals surface area contributed by atoms with Crippen LogP contribution in [-0.4, -0.2) is 49.1 Å². The second-order valence-electron chi connectivity index (χ2n) is 5.75. The molecule has 126 valence electrons. The monoisotopic (exact) mass is 340 g/mol. The van der Waals surface area contributed by atoms with E-state index in [0.717, 1.165) is 19.1 Å². The van der Waals surface area contributed by atoms with Gasteiger partial charge in [0, 0.05) is 12.1 Å². The Kier molecular flexibility index (Phi) is 4.93. The fourth-order valence-corrected chi connectivity index (χ4v) is 3.28. The van der Waals surface area contributed by atoms with Crippen LogP contribution in [0.15, 0.2) is 18.2 Å². The molecule has 1 saturated heterocycles. The van der Waals surface area contributed by atoms with Crippen LogP contribution in [0.25, 0.3) is 0 Å². The van der Waals surface area contributed by atoms with Gasteiger partial charge in [0.25, 0.3) is 5.91 Å². The maximum atomic E-state index is 12.6. The lowest BCUT2D eigenvalue weighted by atomic mass is 10.0. The van der Waals surface area contributed by atoms with E-state index in [4.69, 9.17) is 0 Å². The van der Waals surface area contributed by atoms with Crippen molar-refractivity contribution in [2.75, 3.05) is 17.5 Å². The van der Waals surface area contributed by atoms with Gasteiger partial charge in [0.1, 0.15) is 6.04 Å². The summed E-state index contributed by atoms with van der Waals surface area (Å²) in [6.45, 7) is 2.11. The molecule has 0 aliphatic carbocycles. The Morgan fingerprint density at radius 1 is 1.30 bits per heavy atom. The number of carbonyl (C=O) groups is 2. The number of likely N-dealkylation sites (tertiary alicyclic amines) is 1. The average molecular weight is 340 g/mol. The maximum Gasteiger partial charge on any atom is 0.326 e. The number of aliphatic carboxylic acids is 1. The summed E-state index contributed by atoms with van der Waals surface area (Å²) < 4.78 is 25.2. The quantitative estimate of drug-likeness (QED) is 0.863. The van der Waals surface area contributed by atoms with Crippen LogP contribution in [0.3, 0.4) is 0 Å². The summed E-state index contributed by atoms with van der Waals surface area (Å²) in [5, 5.41) is 9.27. The minimum Gasteiger partial charge on any atom is -0.480 e. The minimum atomic E-state index is -3.46. The van der Waals surface area contributed by atoms with Crippen LogP contribution in [0.2, 0.25) is 0 Å². The topological polar surface area (TPSA) is 104 Å². The first kappa shape index (κ1) is 17.3. The van der Waals surface area contributed by atoms with Crippen LogP contribution in [0.5, 0.6) is 0 Å². The molecule has 1 atom stereocenters. The summed E-state index contributed by atoms with van der Waals surface area (Å²) in [5.41, 5.74) is 1.28. The Hall–Kier alpha value is -2.09. The Labute approximate surface area is 135 Å². The van der Waals surface area contributed by atoms with Crippen LogP contribution < -0.4 is 4.72 Å². The highest BCUT2D eigenvalue weighted by Crippen LogP contribution is 2.23. The highest BCUT2D eigenvalue weighted by atomic mass is 32.2. The number of benzene rings is 1. The van der Waals surface area contributed by atoms with Crippen LogP contribution in [-0.2, 0) is 14.8 Å². The lowest BCUT2D eigenvalue weighted by Crippen LogP contribution is -2.48. The molecule has 0 radical (unpaired) electrons. The summed E-state index contributed by atoms with van der Waals surface area (Å²) in [6.07, 6.45) is 3.00. The molecule has 8 heteroatoms. The molecule has 0 aromatic heterocycles. The second-order valence-corrected chi connectivity index (χ2v) is 7.50. The van der Waals surface area contributed by atoms with E-state index in [0.29, 0.717) is 24.2 Å². The van der Waals surface area contributed by atoms with Crippen LogP contribution in [0.4, 0.5) is 5.69 Å². The summed E-state index contributed by atoms with van der Waals surface area (Å²) in [4.78, 5) is 25.3. The number of hydrogen-bond donors (Lipinski definition) is 2. The van der Waals surface area contributed by atoms with E-state index in [2.05, 4.69) is 4.72 Å². The Balaban J connectivity index is 2.31. The van der Waals surface area contributed by atoms with E-state index in [1.54, 1.807) is 19.1 Å². The van der Waals surface area contributed by atoms with Gasteiger partial charge in [-0.05, 0) is 43.9 Å². The number of anilines is 1. The third kappa shape index (κ3) is 4.22. The number of hydrogen-bond acceptors (Lipinski definition) is 4. The molecule has 1 amide bonds. The molecule has 1 aliphatic heterocycles. The number of amides is 1. The van der Waals surface area contributed by atoms with Crippen molar-refractivity contribution in [1.29, 1.82) is 0 Å². The van der Waals surface area contributed by atoms with Gasteiger partial charge in [-0.1, -0.05) is 6.07 Å². The van der Waals surface area contributed by atoms with Gasteiger partial charge in [0.2, 0.25) is 10.0 Å². The van der Waals surface area contributed by atoms with E-state index in [1.165, 1.54) is 11.0 Å². The first-order chi connectivity index (χ1) is 10.7. The average Bonchev–Trinajstić information content (AvgIpc) is 2.47. The third-order valence-electron chi connectivity index (χ3n) is 3.83. The number of nitrogens with one attached hydrogen (secondary N) is 1. The number of aryl methyl sites for hydroxylation is 1. The predicted molar refractivity (Wildman–Crippen MR) is 86.0 cm³/mol. The third-order valence-corrected chi connectivity index (χ3v) is 4.42. The molecule has 1 fully saturated rings. The van der Waals surface area contributed by atoms with E-state index in [1.807, 2.05) is 0 Å². The van der Waals surface area contributed by atoms with Gasteiger partial charge < -0.3 is 10.0 Å². The number of rotatable bonds is 4. The van der Waals surface area contributed by atoms with Crippen molar-refractivity contribution in [1.82, 2.24) is 4.90 Å². The van der Waals surface area contributed by atoms with E-state index < -0.39 is 27.9 Å². The molecule has 0 saturated carbocycles. The van der Waals surface area contributed by atoms with Gasteiger partial charge in [0.05, 0.1) is 11.9 Å². The predicted octanol–water partition coefficient (Wildman–Crippen LogP) is 1.45. The van der Waals surface area contributed by atoms with E-state index >= 15 is 0 Å². The Bertz CT molecular complexity index is 729. The zero-order chi connectivity index (χ0) is 17.2. The largest absolute Gasteiger partial charge is 0.480 e. The van der Waals surface area contributed by atoms with Gasteiger partial charge in [-0.25, -0.2) is 13.2 Å². The van der Waals surface area contributed by atoms with Crippen molar-refractivity contribution in [2.45, 2.75) is 32.2 Å². The molecule has 0 unspecified atom stereocenters. The van der Waals surface area contributed by atoms with Crippen LogP contribution in [0.1, 0.15) is 35.2 Å².